The molecule has 0 bridgehead atoms. The minimum Gasteiger partial charge on any atom is -0.493 e. The fraction of sp³-hybridized carbons (Fsp3) is 0.571. The molecule has 0 saturated heterocycles. The van der Waals surface area contributed by atoms with Gasteiger partial charge in [-0.05, 0) is 19.2 Å². The zero-order valence-electron chi connectivity index (χ0n) is 11.7. The summed E-state index contributed by atoms with van der Waals surface area (Å²) in [7, 11) is 1.87. The van der Waals surface area contributed by atoms with Crippen LogP contribution in [0.3, 0.4) is 0 Å². The van der Waals surface area contributed by atoms with E-state index in [4.69, 9.17) is 9.47 Å². The number of fused-ring (bicyclic) bond motifs is 1. The van der Waals surface area contributed by atoms with Gasteiger partial charge in [0.1, 0.15) is 24.7 Å². The van der Waals surface area contributed by atoms with Crippen LogP contribution in [-0.2, 0) is 4.74 Å². The highest BCUT2D eigenvalue weighted by Gasteiger charge is 2.27. The van der Waals surface area contributed by atoms with Crippen LogP contribution < -0.4 is 14.8 Å². The Morgan fingerprint density at radius 3 is 2.86 bits per heavy atom. The number of rotatable bonds is 7. The van der Waals surface area contributed by atoms with Crippen molar-refractivity contribution in [3.63, 3.8) is 0 Å². The van der Waals surface area contributed by atoms with Crippen molar-refractivity contribution >= 4 is 0 Å². The molecule has 1 aromatic carbocycles. The first kappa shape index (κ1) is 15.9. The minimum atomic E-state index is -4.28. The van der Waals surface area contributed by atoms with Crippen molar-refractivity contribution in [2.75, 3.05) is 33.5 Å². The first-order chi connectivity index (χ1) is 9.99. The second-order valence-electron chi connectivity index (χ2n) is 4.72. The number of benzene rings is 1. The molecule has 0 amide bonds. The summed E-state index contributed by atoms with van der Waals surface area (Å²) in [6, 6.07) is 5.74. The van der Waals surface area contributed by atoms with Gasteiger partial charge in [0, 0.05) is 18.1 Å². The molecule has 4 nitrogen and oxygen atoms in total. The molecule has 1 N–H and O–H groups in total. The first-order valence-corrected chi connectivity index (χ1v) is 6.71. The van der Waals surface area contributed by atoms with Crippen molar-refractivity contribution in [1.82, 2.24) is 5.32 Å². The van der Waals surface area contributed by atoms with Gasteiger partial charge in [-0.25, -0.2) is 0 Å². The highest BCUT2D eigenvalue weighted by molar-refractivity contribution is 5.44. The summed E-state index contributed by atoms with van der Waals surface area (Å²) in [6.45, 7) is -0.319. The zero-order valence-corrected chi connectivity index (χ0v) is 11.7. The molecule has 118 valence electrons. The van der Waals surface area contributed by atoms with E-state index in [2.05, 4.69) is 10.1 Å². The van der Waals surface area contributed by atoms with Crippen LogP contribution in [0.1, 0.15) is 18.0 Å². The molecular formula is C14H18F3NO3. The maximum absolute atomic E-state index is 11.8. The quantitative estimate of drug-likeness (QED) is 0.786. The van der Waals surface area contributed by atoms with Gasteiger partial charge in [-0.15, -0.1) is 0 Å². The molecule has 0 saturated carbocycles. The van der Waals surface area contributed by atoms with Gasteiger partial charge in [0.05, 0.1) is 19.3 Å². The number of likely N-dealkylation sites (N-methyl/N-ethyl adjacent to an activating group) is 1. The van der Waals surface area contributed by atoms with Gasteiger partial charge in [-0.2, -0.15) is 13.2 Å². The summed E-state index contributed by atoms with van der Waals surface area (Å²) >= 11 is 0. The lowest BCUT2D eigenvalue weighted by Crippen LogP contribution is -2.18. The third kappa shape index (κ3) is 4.78. The fourth-order valence-corrected chi connectivity index (χ4v) is 2.06. The summed E-state index contributed by atoms with van der Waals surface area (Å²) in [5, 5.41) is 3.14. The van der Waals surface area contributed by atoms with Crippen molar-refractivity contribution in [3.05, 3.63) is 23.8 Å². The summed E-state index contributed by atoms with van der Waals surface area (Å²) < 4.78 is 51.0. The Balaban J connectivity index is 1.70. The molecule has 0 aromatic heterocycles. The van der Waals surface area contributed by atoms with E-state index in [1.165, 1.54) is 0 Å². The summed E-state index contributed by atoms with van der Waals surface area (Å²) in [5.74, 6) is 1.42. The third-order valence-electron chi connectivity index (χ3n) is 3.08. The highest BCUT2D eigenvalue weighted by atomic mass is 19.4. The van der Waals surface area contributed by atoms with E-state index >= 15 is 0 Å². The first-order valence-electron chi connectivity index (χ1n) is 6.71. The predicted molar refractivity (Wildman–Crippen MR) is 70.7 cm³/mol. The number of nitrogens with one attached hydrogen (secondary N) is 1. The highest BCUT2D eigenvalue weighted by Crippen LogP contribution is 2.34. The van der Waals surface area contributed by atoms with Crippen molar-refractivity contribution in [3.8, 4) is 11.5 Å². The van der Waals surface area contributed by atoms with E-state index < -0.39 is 12.8 Å². The van der Waals surface area contributed by atoms with E-state index in [0.29, 0.717) is 25.4 Å². The Kier molecular flexibility index (Phi) is 5.30. The van der Waals surface area contributed by atoms with E-state index in [1.54, 1.807) is 6.07 Å². The number of hydrogen-bond donors (Lipinski definition) is 1. The molecule has 2 rings (SSSR count). The average Bonchev–Trinajstić information content (AvgIpc) is 2.83. The second-order valence-corrected chi connectivity index (χ2v) is 4.72. The molecule has 0 radical (unpaired) electrons. The molecule has 1 aromatic rings. The molecule has 1 atom stereocenters. The Bertz CT molecular complexity index is 465. The topological polar surface area (TPSA) is 39.7 Å². The van der Waals surface area contributed by atoms with Crippen molar-refractivity contribution < 1.29 is 27.4 Å². The maximum Gasteiger partial charge on any atom is 0.411 e. The van der Waals surface area contributed by atoms with Crippen molar-refractivity contribution in [2.24, 2.45) is 0 Å². The molecular weight excluding hydrogens is 287 g/mol. The number of ether oxygens (including phenoxy) is 3. The van der Waals surface area contributed by atoms with Crippen LogP contribution in [0, 0.1) is 0 Å². The van der Waals surface area contributed by atoms with Gasteiger partial charge in [0.15, 0.2) is 0 Å². The van der Waals surface area contributed by atoms with Crippen molar-refractivity contribution in [1.29, 1.82) is 0 Å². The van der Waals surface area contributed by atoms with Gasteiger partial charge in [-0.1, -0.05) is 0 Å². The summed E-state index contributed by atoms with van der Waals surface area (Å²) in [4.78, 5) is 0. The van der Waals surface area contributed by atoms with Crippen LogP contribution in [0.25, 0.3) is 0 Å². The van der Waals surface area contributed by atoms with E-state index in [9.17, 15) is 13.2 Å². The lowest BCUT2D eigenvalue weighted by Gasteiger charge is -2.10. The van der Waals surface area contributed by atoms with Crippen LogP contribution in [0.5, 0.6) is 11.5 Å². The molecule has 0 aliphatic carbocycles. The van der Waals surface area contributed by atoms with Gasteiger partial charge < -0.3 is 19.5 Å². The largest absolute Gasteiger partial charge is 0.493 e. The Morgan fingerprint density at radius 1 is 1.33 bits per heavy atom. The fourth-order valence-electron chi connectivity index (χ4n) is 2.06. The molecule has 0 spiro atoms. The van der Waals surface area contributed by atoms with Crippen LogP contribution in [0.15, 0.2) is 18.2 Å². The van der Waals surface area contributed by atoms with Crippen LogP contribution in [0.4, 0.5) is 13.2 Å². The van der Waals surface area contributed by atoms with Crippen molar-refractivity contribution in [2.45, 2.75) is 18.6 Å². The minimum absolute atomic E-state index is 0.0166. The van der Waals surface area contributed by atoms with Crippen LogP contribution in [0.2, 0.25) is 0 Å². The van der Waals surface area contributed by atoms with Gasteiger partial charge in [0.2, 0.25) is 0 Å². The standard InChI is InChI=1S/C14H18F3NO3/c1-18-12-8-21-13-7-10(3-4-11(12)13)20-6-2-5-19-9-14(15,16)17/h3-4,7,12,18H,2,5-6,8-9H2,1H3. The average molecular weight is 305 g/mol. The number of hydrogen-bond acceptors (Lipinski definition) is 4. The predicted octanol–water partition coefficient (Wildman–Crippen LogP) is 2.69. The van der Waals surface area contributed by atoms with Gasteiger partial charge >= 0.3 is 6.18 Å². The van der Waals surface area contributed by atoms with Crippen LogP contribution >= 0.6 is 0 Å². The molecule has 1 heterocycles. The maximum atomic E-state index is 11.8. The molecule has 0 fully saturated rings. The van der Waals surface area contributed by atoms with E-state index in [1.807, 2.05) is 19.2 Å². The Labute approximate surface area is 121 Å². The smallest absolute Gasteiger partial charge is 0.411 e. The molecule has 21 heavy (non-hydrogen) atoms. The second kappa shape index (κ2) is 7.00. The van der Waals surface area contributed by atoms with Crippen LogP contribution in [-0.4, -0.2) is 39.7 Å². The van der Waals surface area contributed by atoms with Gasteiger partial charge in [0.25, 0.3) is 0 Å². The lowest BCUT2D eigenvalue weighted by atomic mass is 10.1. The third-order valence-corrected chi connectivity index (χ3v) is 3.08. The Morgan fingerprint density at radius 2 is 2.14 bits per heavy atom. The molecule has 1 aliphatic rings. The number of halogens is 3. The zero-order chi connectivity index (χ0) is 15.3. The number of alkyl halides is 3. The molecule has 1 aliphatic heterocycles. The Hall–Kier alpha value is -1.47. The monoisotopic (exact) mass is 305 g/mol. The molecule has 7 heteroatoms. The van der Waals surface area contributed by atoms with E-state index in [-0.39, 0.29) is 12.6 Å². The SMILES string of the molecule is CNC1COc2cc(OCCCOCC(F)(F)F)ccc21. The summed E-state index contributed by atoms with van der Waals surface area (Å²) in [6.07, 6.45) is -3.88. The molecule has 1 unspecified atom stereocenters. The summed E-state index contributed by atoms with van der Waals surface area (Å²) in [5.41, 5.74) is 1.08. The normalized spacial score (nSPS) is 17.4. The van der Waals surface area contributed by atoms with Gasteiger partial charge in [-0.3, -0.25) is 0 Å². The lowest BCUT2D eigenvalue weighted by molar-refractivity contribution is -0.174. The van der Waals surface area contributed by atoms with E-state index in [0.717, 1.165) is 11.3 Å².